The fraction of sp³-hybridized carbons (Fsp3) is 0.929. The van der Waals surface area contributed by atoms with Crippen LogP contribution in [0.2, 0.25) is 0 Å². The third kappa shape index (κ3) is 2.39. The van der Waals surface area contributed by atoms with Crippen molar-refractivity contribution in [1.82, 2.24) is 10.2 Å². The van der Waals surface area contributed by atoms with Gasteiger partial charge < -0.3 is 16.0 Å². The Kier molecular flexibility index (Phi) is 3.39. The molecule has 0 bridgehead atoms. The molecule has 21 heavy (non-hydrogen) atoms. The number of likely N-dealkylation sites (tertiary alicyclic amines) is 1. The molecule has 1 saturated heterocycles. The molecule has 1 aliphatic heterocycles. The van der Waals surface area contributed by atoms with Crippen molar-refractivity contribution in [1.29, 1.82) is 0 Å². The molecule has 0 unspecified atom stereocenters. The number of nitrogens with one attached hydrogen (secondary N) is 1. The van der Waals surface area contributed by atoms with Crippen molar-refractivity contribution in [2.45, 2.75) is 50.2 Å². The number of amides is 2. The van der Waals surface area contributed by atoms with Crippen LogP contribution in [0.1, 0.15) is 38.5 Å². The lowest BCUT2D eigenvalue weighted by atomic mass is 9.70. The number of urea groups is 1. The molecule has 0 spiro atoms. The van der Waals surface area contributed by atoms with Gasteiger partial charge in [0.1, 0.15) is 0 Å². The summed E-state index contributed by atoms with van der Waals surface area (Å²) in [5.74, 6) is 0.311. The minimum absolute atomic E-state index is 0.111. The molecule has 2 aliphatic carbocycles. The number of hydrogen-bond acceptors (Lipinski definition) is 2. The van der Waals surface area contributed by atoms with Crippen molar-refractivity contribution in [3.05, 3.63) is 0 Å². The molecule has 2 saturated carbocycles. The standard InChI is InChI=1S/C14H22F3N3O/c15-14(16,17)12(4-1-2-5-12)8-19-11(21)20-7-10-3-6-13(10,18)9-20/h10H,1-9,18H2,(H,19,21)/t10-,13-/m0/s1. The van der Waals surface area contributed by atoms with E-state index in [1.807, 2.05) is 0 Å². The van der Waals surface area contributed by atoms with Gasteiger partial charge >= 0.3 is 12.2 Å². The smallest absolute Gasteiger partial charge is 0.337 e. The zero-order chi connectivity index (χ0) is 15.3. The highest BCUT2D eigenvalue weighted by molar-refractivity contribution is 5.75. The number of rotatable bonds is 2. The Labute approximate surface area is 122 Å². The van der Waals surface area contributed by atoms with E-state index in [1.54, 1.807) is 4.90 Å². The van der Waals surface area contributed by atoms with Crippen LogP contribution in [-0.4, -0.2) is 42.3 Å². The van der Waals surface area contributed by atoms with Crippen LogP contribution in [0.4, 0.5) is 18.0 Å². The number of fused-ring (bicyclic) bond motifs is 1. The highest BCUT2D eigenvalue weighted by atomic mass is 19.4. The summed E-state index contributed by atoms with van der Waals surface area (Å²) in [4.78, 5) is 13.7. The maximum atomic E-state index is 13.3. The van der Waals surface area contributed by atoms with Gasteiger partial charge in [-0.05, 0) is 31.6 Å². The molecule has 0 radical (unpaired) electrons. The third-order valence-corrected chi connectivity index (χ3v) is 5.72. The number of nitrogens with zero attached hydrogens (tertiary/aromatic N) is 1. The van der Waals surface area contributed by atoms with E-state index in [0.29, 0.717) is 31.8 Å². The van der Waals surface area contributed by atoms with E-state index in [0.717, 1.165) is 12.8 Å². The van der Waals surface area contributed by atoms with Crippen molar-refractivity contribution in [2.24, 2.45) is 17.1 Å². The van der Waals surface area contributed by atoms with Crippen LogP contribution in [-0.2, 0) is 0 Å². The van der Waals surface area contributed by atoms with Crippen LogP contribution in [0.5, 0.6) is 0 Å². The predicted octanol–water partition coefficient (Wildman–Crippen LogP) is 2.24. The average Bonchev–Trinajstić information content (AvgIpc) is 2.95. The Morgan fingerprint density at radius 3 is 2.38 bits per heavy atom. The molecule has 3 fully saturated rings. The lowest BCUT2D eigenvalue weighted by molar-refractivity contribution is -0.219. The SMILES string of the molecule is N[C@]12CC[C@H]1CN(C(=O)NCC1(C(F)(F)F)CCCC1)C2. The van der Waals surface area contributed by atoms with Crippen molar-refractivity contribution < 1.29 is 18.0 Å². The van der Waals surface area contributed by atoms with Crippen molar-refractivity contribution in [3.8, 4) is 0 Å². The van der Waals surface area contributed by atoms with Crippen LogP contribution in [0.3, 0.4) is 0 Å². The maximum Gasteiger partial charge on any atom is 0.396 e. The number of halogens is 3. The second kappa shape index (κ2) is 4.76. The van der Waals surface area contributed by atoms with Crippen LogP contribution in [0, 0.1) is 11.3 Å². The van der Waals surface area contributed by atoms with Gasteiger partial charge in [-0.15, -0.1) is 0 Å². The summed E-state index contributed by atoms with van der Waals surface area (Å²) in [5.41, 5.74) is 4.11. The molecular formula is C14H22F3N3O. The first-order valence-electron chi connectivity index (χ1n) is 7.64. The summed E-state index contributed by atoms with van der Waals surface area (Å²) in [6, 6.07) is -0.398. The van der Waals surface area contributed by atoms with Crippen molar-refractivity contribution in [2.75, 3.05) is 19.6 Å². The fourth-order valence-electron chi connectivity index (χ4n) is 4.01. The molecule has 0 aromatic rings. The van der Waals surface area contributed by atoms with Crippen LogP contribution in [0.25, 0.3) is 0 Å². The van der Waals surface area contributed by atoms with Gasteiger partial charge in [-0.1, -0.05) is 12.8 Å². The minimum Gasteiger partial charge on any atom is -0.337 e. The highest BCUT2D eigenvalue weighted by Gasteiger charge is 2.56. The van der Waals surface area contributed by atoms with Crippen molar-refractivity contribution >= 4 is 6.03 Å². The number of carbonyl (C=O) groups excluding carboxylic acids is 1. The van der Waals surface area contributed by atoms with E-state index in [2.05, 4.69) is 5.32 Å². The molecule has 120 valence electrons. The van der Waals surface area contributed by atoms with Crippen LogP contribution < -0.4 is 11.1 Å². The molecular weight excluding hydrogens is 283 g/mol. The summed E-state index contributed by atoms with van der Waals surface area (Å²) in [7, 11) is 0. The van der Waals surface area contributed by atoms with Gasteiger partial charge in [-0.3, -0.25) is 0 Å². The van der Waals surface area contributed by atoms with Crippen molar-refractivity contribution in [3.63, 3.8) is 0 Å². The van der Waals surface area contributed by atoms with E-state index in [9.17, 15) is 18.0 Å². The topological polar surface area (TPSA) is 58.4 Å². The molecule has 0 aromatic carbocycles. The summed E-state index contributed by atoms with van der Waals surface area (Å²) >= 11 is 0. The second-order valence-corrected chi connectivity index (χ2v) is 6.99. The first kappa shape index (κ1) is 14.9. The Hall–Kier alpha value is -0.980. The lowest BCUT2D eigenvalue weighted by Gasteiger charge is -2.39. The van der Waals surface area contributed by atoms with Gasteiger partial charge in [0.05, 0.1) is 5.41 Å². The molecule has 3 N–H and O–H groups in total. The monoisotopic (exact) mass is 305 g/mol. The second-order valence-electron chi connectivity index (χ2n) is 6.99. The Morgan fingerprint density at radius 2 is 1.95 bits per heavy atom. The number of hydrogen-bond donors (Lipinski definition) is 2. The van der Waals surface area contributed by atoms with Gasteiger partial charge in [0, 0.05) is 25.2 Å². The molecule has 3 aliphatic rings. The predicted molar refractivity (Wildman–Crippen MR) is 71.6 cm³/mol. The molecule has 7 heteroatoms. The first-order valence-corrected chi connectivity index (χ1v) is 7.64. The molecule has 2 atom stereocenters. The van der Waals surface area contributed by atoms with E-state index < -0.39 is 17.6 Å². The summed E-state index contributed by atoms with van der Waals surface area (Å²) in [6.45, 7) is 0.720. The van der Waals surface area contributed by atoms with Gasteiger partial charge in [-0.2, -0.15) is 13.2 Å². The van der Waals surface area contributed by atoms with E-state index in [-0.39, 0.29) is 24.9 Å². The lowest BCUT2D eigenvalue weighted by Crippen LogP contribution is -2.55. The third-order valence-electron chi connectivity index (χ3n) is 5.72. The molecule has 2 amide bonds. The average molecular weight is 305 g/mol. The Morgan fingerprint density at radius 1 is 1.29 bits per heavy atom. The number of nitrogens with two attached hydrogens (primary N) is 1. The van der Waals surface area contributed by atoms with Gasteiger partial charge in [-0.25, -0.2) is 4.79 Å². The minimum atomic E-state index is -4.25. The molecule has 1 heterocycles. The summed E-state index contributed by atoms with van der Waals surface area (Å²) in [5, 5.41) is 2.51. The molecule has 3 rings (SSSR count). The van der Waals surface area contributed by atoms with Crippen LogP contribution >= 0.6 is 0 Å². The zero-order valence-corrected chi connectivity index (χ0v) is 12.0. The normalized spacial score (nSPS) is 34.5. The molecule has 0 aromatic heterocycles. The number of alkyl halides is 3. The van der Waals surface area contributed by atoms with E-state index in [1.165, 1.54) is 0 Å². The van der Waals surface area contributed by atoms with Gasteiger partial charge in [0.2, 0.25) is 0 Å². The summed E-state index contributed by atoms with van der Waals surface area (Å²) < 4.78 is 39.8. The van der Waals surface area contributed by atoms with Crippen LogP contribution in [0.15, 0.2) is 0 Å². The largest absolute Gasteiger partial charge is 0.396 e. The highest BCUT2D eigenvalue weighted by Crippen LogP contribution is 2.50. The van der Waals surface area contributed by atoms with E-state index >= 15 is 0 Å². The fourth-order valence-corrected chi connectivity index (χ4v) is 4.01. The quantitative estimate of drug-likeness (QED) is 0.822. The molecule has 4 nitrogen and oxygen atoms in total. The summed E-state index contributed by atoms with van der Waals surface area (Å²) in [6.07, 6.45) is -0.975. The van der Waals surface area contributed by atoms with Gasteiger partial charge in [0.15, 0.2) is 0 Å². The zero-order valence-electron chi connectivity index (χ0n) is 12.0. The number of carbonyl (C=O) groups is 1. The maximum absolute atomic E-state index is 13.3. The van der Waals surface area contributed by atoms with E-state index in [4.69, 9.17) is 5.73 Å². The Bertz CT molecular complexity index is 434. The Balaban J connectivity index is 1.58. The van der Waals surface area contributed by atoms with Gasteiger partial charge in [0.25, 0.3) is 0 Å². The first-order chi connectivity index (χ1) is 9.76.